The van der Waals surface area contributed by atoms with Crippen LogP contribution in [0.3, 0.4) is 0 Å². The van der Waals surface area contributed by atoms with Gasteiger partial charge < -0.3 is 4.98 Å². The Balaban J connectivity index is 1.52. The Morgan fingerprint density at radius 3 is 2.50 bits per heavy atom. The van der Waals surface area contributed by atoms with E-state index in [1.165, 1.54) is 6.20 Å². The molecule has 136 valence electrons. The number of anilines is 1. The molecule has 2 N–H and O–H groups in total. The number of sulfonamides is 2. The van der Waals surface area contributed by atoms with Gasteiger partial charge in [-0.1, -0.05) is 18.2 Å². The van der Waals surface area contributed by atoms with Crippen LogP contribution in [0.5, 0.6) is 0 Å². The second kappa shape index (κ2) is 6.08. The summed E-state index contributed by atoms with van der Waals surface area (Å²) >= 11 is 0. The highest BCUT2D eigenvalue weighted by Gasteiger charge is 2.44. The molecular weight excluding hydrogens is 376 g/mol. The van der Waals surface area contributed by atoms with Gasteiger partial charge in [0.2, 0.25) is 20.0 Å². The average molecular weight is 392 g/mol. The molecule has 0 spiro atoms. The number of hydrogen-bond donors (Lipinski definition) is 2. The third kappa shape index (κ3) is 2.85. The maximum absolute atomic E-state index is 12.8. The topological polar surface area (TPSA) is 112 Å². The smallest absolute Gasteiger partial charge is 0.245 e. The van der Waals surface area contributed by atoms with Crippen molar-refractivity contribution in [2.75, 3.05) is 17.8 Å². The highest BCUT2D eigenvalue weighted by molar-refractivity contribution is 7.94. The van der Waals surface area contributed by atoms with Gasteiger partial charge in [-0.05, 0) is 24.3 Å². The molecule has 10 heteroatoms. The van der Waals surface area contributed by atoms with Gasteiger partial charge >= 0.3 is 0 Å². The predicted molar refractivity (Wildman–Crippen MR) is 97.6 cm³/mol. The Kier molecular flexibility index (Phi) is 3.98. The Hall–Kier alpha value is -2.43. The van der Waals surface area contributed by atoms with Crippen LogP contribution in [0.2, 0.25) is 0 Å². The van der Waals surface area contributed by atoms with E-state index in [2.05, 4.69) is 14.7 Å². The number of nitrogens with one attached hydrogen (secondary N) is 2. The van der Waals surface area contributed by atoms with Crippen molar-refractivity contribution in [3.05, 3.63) is 54.9 Å². The molecule has 0 atom stereocenters. The zero-order valence-corrected chi connectivity index (χ0v) is 15.2. The highest BCUT2D eigenvalue weighted by atomic mass is 32.2. The van der Waals surface area contributed by atoms with Crippen molar-refractivity contribution in [3.8, 4) is 0 Å². The lowest BCUT2D eigenvalue weighted by Gasteiger charge is -2.37. The molecule has 0 amide bonds. The minimum atomic E-state index is -3.78. The summed E-state index contributed by atoms with van der Waals surface area (Å²) in [6.45, 7) is -0.172. The number of aromatic nitrogens is 2. The molecule has 0 bridgehead atoms. The molecule has 4 rings (SSSR count). The van der Waals surface area contributed by atoms with E-state index in [-0.39, 0.29) is 18.0 Å². The maximum Gasteiger partial charge on any atom is 0.245 e. The first-order valence-corrected chi connectivity index (χ1v) is 10.9. The standard InChI is InChI=1S/C16H16N4O4S2/c21-25(22,19-12-5-2-1-3-6-12)13-10-20(11-13)26(23,24)15-9-18-16-14(15)7-4-8-17-16/h1-9,13,19H,10-11H2,(H,17,18). The Morgan fingerprint density at radius 2 is 1.77 bits per heavy atom. The minimum absolute atomic E-state index is 0.0859. The fourth-order valence-corrected chi connectivity index (χ4v) is 6.08. The normalized spacial score (nSPS) is 16.5. The van der Waals surface area contributed by atoms with Crippen molar-refractivity contribution in [2.24, 2.45) is 0 Å². The van der Waals surface area contributed by atoms with Gasteiger partial charge in [-0.3, -0.25) is 4.72 Å². The fraction of sp³-hybridized carbons (Fsp3) is 0.188. The second-order valence-electron chi connectivity index (χ2n) is 6.01. The van der Waals surface area contributed by atoms with Crippen molar-refractivity contribution in [3.63, 3.8) is 0 Å². The number of hydrogen-bond acceptors (Lipinski definition) is 5. The number of nitrogens with zero attached hydrogens (tertiary/aromatic N) is 2. The fourth-order valence-electron chi connectivity index (χ4n) is 2.83. The van der Waals surface area contributed by atoms with Crippen LogP contribution in [0.1, 0.15) is 0 Å². The first-order valence-electron chi connectivity index (χ1n) is 7.87. The predicted octanol–water partition coefficient (Wildman–Crippen LogP) is 1.38. The van der Waals surface area contributed by atoms with Crippen LogP contribution in [0.15, 0.2) is 59.8 Å². The summed E-state index contributed by atoms with van der Waals surface area (Å²) in [5, 5.41) is -0.304. The molecule has 8 nitrogen and oxygen atoms in total. The van der Waals surface area contributed by atoms with Gasteiger partial charge in [0.15, 0.2) is 0 Å². The van der Waals surface area contributed by atoms with Gasteiger partial charge in [-0.25, -0.2) is 21.8 Å². The summed E-state index contributed by atoms with van der Waals surface area (Å²) in [6.07, 6.45) is 2.95. The molecule has 0 unspecified atom stereocenters. The van der Waals surface area contributed by atoms with Crippen LogP contribution < -0.4 is 4.72 Å². The summed E-state index contributed by atoms with van der Waals surface area (Å²) in [7, 11) is -7.44. The lowest BCUT2D eigenvalue weighted by molar-refractivity contribution is 0.310. The van der Waals surface area contributed by atoms with Gasteiger partial charge in [-0.2, -0.15) is 4.31 Å². The first-order chi connectivity index (χ1) is 12.4. The molecule has 0 saturated carbocycles. The largest absolute Gasteiger partial charge is 0.345 e. The number of H-pyrrole nitrogens is 1. The Bertz CT molecular complexity index is 1150. The molecule has 2 aromatic heterocycles. The summed E-state index contributed by atoms with van der Waals surface area (Å²) in [5.74, 6) is 0. The maximum atomic E-state index is 12.8. The van der Waals surface area contributed by atoms with Gasteiger partial charge in [0, 0.05) is 36.6 Å². The van der Waals surface area contributed by atoms with E-state index in [1.54, 1.807) is 48.7 Å². The van der Waals surface area contributed by atoms with E-state index >= 15 is 0 Å². The number of aromatic amines is 1. The first kappa shape index (κ1) is 17.0. The van der Waals surface area contributed by atoms with E-state index in [1.807, 2.05) is 0 Å². The average Bonchev–Trinajstić information content (AvgIpc) is 2.98. The van der Waals surface area contributed by atoms with Crippen molar-refractivity contribution < 1.29 is 16.8 Å². The highest BCUT2D eigenvalue weighted by Crippen LogP contribution is 2.29. The van der Waals surface area contributed by atoms with E-state index in [9.17, 15) is 16.8 Å². The van der Waals surface area contributed by atoms with E-state index in [0.717, 1.165) is 4.31 Å². The second-order valence-corrected chi connectivity index (χ2v) is 9.88. The summed E-state index contributed by atoms with van der Waals surface area (Å²) in [6, 6.07) is 11.8. The van der Waals surface area contributed by atoms with Gasteiger partial charge in [0.05, 0.1) is 0 Å². The molecule has 1 aliphatic rings. The molecule has 0 aliphatic carbocycles. The number of para-hydroxylation sites is 1. The molecule has 1 fully saturated rings. The van der Waals surface area contributed by atoms with Crippen LogP contribution in [0.25, 0.3) is 11.0 Å². The SMILES string of the molecule is O=S(=O)(Nc1ccccc1)C1CN(S(=O)(=O)c2c[nH]c3ncccc23)C1. The summed E-state index contributed by atoms with van der Waals surface area (Å²) in [4.78, 5) is 7.00. The lowest BCUT2D eigenvalue weighted by Crippen LogP contribution is -2.57. The number of fused-ring (bicyclic) bond motifs is 1. The van der Waals surface area contributed by atoms with Gasteiger partial charge in [-0.15, -0.1) is 0 Å². The van der Waals surface area contributed by atoms with Crippen molar-refractivity contribution in [2.45, 2.75) is 10.1 Å². The quantitative estimate of drug-likeness (QED) is 0.681. The Morgan fingerprint density at radius 1 is 1.04 bits per heavy atom. The van der Waals surface area contributed by atoms with E-state index in [4.69, 9.17) is 0 Å². The third-order valence-corrected chi connectivity index (χ3v) is 7.89. The molecule has 3 aromatic rings. The van der Waals surface area contributed by atoms with Crippen LogP contribution in [0.4, 0.5) is 5.69 Å². The van der Waals surface area contributed by atoms with E-state index < -0.39 is 25.3 Å². The van der Waals surface area contributed by atoms with Crippen molar-refractivity contribution in [1.82, 2.24) is 14.3 Å². The third-order valence-electron chi connectivity index (χ3n) is 4.32. The molecule has 0 radical (unpaired) electrons. The molecular formula is C16H16N4O4S2. The van der Waals surface area contributed by atoms with Crippen LogP contribution >= 0.6 is 0 Å². The zero-order valence-electron chi connectivity index (χ0n) is 13.5. The number of rotatable bonds is 5. The monoisotopic (exact) mass is 392 g/mol. The van der Waals surface area contributed by atoms with Crippen LogP contribution in [-0.4, -0.2) is 49.4 Å². The number of pyridine rings is 1. The van der Waals surface area contributed by atoms with Crippen molar-refractivity contribution in [1.29, 1.82) is 0 Å². The molecule has 1 aliphatic heterocycles. The molecule has 26 heavy (non-hydrogen) atoms. The van der Waals surface area contributed by atoms with Crippen molar-refractivity contribution >= 4 is 36.8 Å². The molecule has 1 aromatic carbocycles. The van der Waals surface area contributed by atoms with Gasteiger partial charge in [0.1, 0.15) is 15.8 Å². The number of benzene rings is 1. The summed E-state index contributed by atoms with van der Waals surface area (Å²) < 4.78 is 54.0. The van der Waals surface area contributed by atoms with Crippen LogP contribution in [-0.2, 0) is 20.0 Å². The minimum Gasteiger partial charge on any atom is -0.345 e. The Labute approximate surface area is 151 Å². The van der Waals surface area contributed by atoms with Crippen LogP contribution in [0, 0.1) is 0 Å². The lowest BCUT2D eigenvalue weighted by atomic mass is 10.3. The summed E-state index contributed by atoms with van der Waals surface area (Å²) in [5.41, 5.74) is 0.929. The molecule has 3 heterocycles. The van der Waals surface area contributed by atoms with Gasteiger partial charge in [0.25, 0.3) is 0 Å². The molecule has 1 saturated heterocycles. The zero-order chi connectivity index (χ0) is 18.4. The van der Waals surface area contributed by atoms with E-state index in [0.29, 0.717) is 16.7 Å².